The minimum atomic E-state index is -1.29. The average molecular weight is 1880 g/mol. The first-order valence-corrected chi connectivity index (χ1v) is 55.4. The highest BCUT2D eigenvalue weighted by Crippen LogP contribution is 2.45. The molecule has 10 heterocycles. The van der Waals surface area contributed by atoms with Gasteiger partial charge in [-0.05, 0) is 149 Å². The molecule has 0 saturated carbocycles. The van der Waals surface area contributed by atoms with Crippen molar-refractivity contribution in [2.24, 2.45) is 0 Å². The summed E-state index contributed by atoms with van der Waals surface area (Å²) >= 11 is 0. The smallest absolute Gasteiger partial charge is 0.332 e. The molecule has 5 aromatic heterocycles. The van der Waals surface area contributed by atoms with Crippen LogP contribution in [-0.4, -0.2) is 319 Å². The Bertz CT molecular complexity index is 5260. The molecule has 15 N–H and O–H groups in total. The third-order valence-corrected chi connectivity index (χ3v) is 28.2. The van der Waals surface area contributed by atoms with Crippen LogP contribution in [0.25, 0.3) is 6.20 Å². The number of aromatic amines is 5. The molecule has 20 atom stereocenters. The second-order valence-electron chi connectivity index (χ2n) is 34.9. The Morgan fingerprint density at radius 1 is 0.325 bits per heavy atom. The number of nitrogens with one attached hydrogen (secondary N) is 5. The van der Waals surface area contributed by atoms with Crippen LogP contribution < -0.4 is 56.2 Å². The van der Waals surface area contributed by atoms with Crippen LogP contribution in [0.2, 0.25) is 0 Å². The summed E-state index contributed by atoms with van der Waals surface area (Å²) < 4.78 is 35.3. The van der Waals surface area contributed by atoms with Gasteiger partial charge in [0.2, 0.25) is 0 Å². The van der Waals surface area contributed by atoms with Crippen molar-refractivity contribution < 1.29 is 74.7 Å². The molecule has 126 heavy (non-hydrogen) atoms. The molecule has 40 heteroatoms. The third kappa shape index (κ3) is 33.1. The summed E-state index contributed by atoms with van der Waals surface area (Å²) in [5.74, 6) is 0. The average Bonchev–Trinajstić information content (AvgIpc) is 1.65. The van der Waals surface area contributed by atoms with Crippen molar-refractivity contribution in [2.45, 2.75) is 257 Å². The zero-order chi connectivity index (χ0) is 91.0. The highest BCUT2D eigenvalue weighted by atomic mass is 31.2. The number of aryl methyl sites for hydroxylation is 3. The first-order chi connectivity index (χ1) is 56.2. The van der Waals surface area contributed by atoms with Crippen molar-refractivity contribution in [3.05, 3.63) is 195 Å². The van der Waals surface area contributed by atoms with Crippen molar-refractivity contribution in [3.8, 4) is 0 Å². The van der Waals surface area contributed by atoms with E-state index in [1.807, 2.05) is 13.8 Å². The number of ether oxygens (including phenoxy) is 5. The molecule has 0 spiro atoms. The maximum atomic E-state index is 12.2. The van der Waals surface area contributed by atoms with Gasteiger partial charge in [-0.2, -0.15) is 0 Å². The second-order valence-corrected chi connectivity index (χ2v) is 56.5. The van der Waals surface area contributed by atoms with Crippen LogP contribution in [0.4, 0.5) is 0 Å². The highest BCUT2D eigenvalue weighted by molar-refractivity contribution is 7.73. The highest BCUT2D eigenvalue weighted by Gasteiger charge is 2.49. The van der Waals surface area contributed by atoms with Gasteiger partial charge in [0.05, 0.1) is 58.3 Å². The summed E-state index contributed by atoms with van der Waals surface area (Å²) in [5.41, 5.74) is -5.03. The first kappa shape index (κ1) is 118. The number of hydrogen-bond donors (Lipinski definition) is 15. The molecule has 0 aromatic carbocycles. The van der Waals surface area contributed by atoms with Gasteiger partial charge in [-0.1, -0.05) is 76.1 Å². The van der Waals surface area contributed by atoms with E-state index in [1.165, 1.54) is 61.5 Å². The minimum Gasteiger partial charge on any atom is -0.388 e. The van der Waals surface area contributed by atoms with E-state index in [1.54, 1.807) is 6.08 Å². The molecular formula is C86H151N10O25P5. The van der Waals surface area contributed by atoms with Crippen molar-refractivity contribution in [1.29, 1.82) is 0 Å². The topological polar surface area (TPSA) is 523 Å². The maximum Gasteiger partial charge on any atom is 0.332 e. The Morgan fingerprint density at radius 3 is 0.786 bits per heavy atom. The summed E-state index contributed by atoms with van der Waals surface area (Å²) in [5, 5.41) is 103. The summed E-state index contributed by atoms with van der Waals surface area (Å²) in [6.45, 7) is 30.5. The zero-order valence-electron chi connectivity index (χ0n) is 71.6. The Kier molecular flexibility index (Phi) is 47.4. The van der Waals surface area contributed by atoms with E-state index >= 15 is 0 Å². The largest absolute Gasteiger partial charge is 0.388 e. The number of aliphatic hydroxyl groups excluding tert-OH is 10. The van der Waals surface area contributed by atoms with E-state index in [0.29, 0.717) is 58.2 Å². The molecule has 5 saturated heterocycles. The summed E-state index contributed by atoms with van der Waals surface area (Å²) in [4.78, 5) is 130. The van der Waals surface area contributed by atoms with Gasteiger partial charge in [-0.15, -0.1) is 79.1 Å². The zero-order valence-corrected chi connectivity index (χ0v) is 76.1. The summed E-state index contributed by atoms with van der Waals surface area (Å²) in [6, 6.07) is 0. The van der Waals surface area contributed by atoms with Crippen LogP contribution in [0.15, 0.2) is 111 Å². The standard InChI is InChI=1S/C17H29N2O5P.C17H27N2O5P.C16H27N2O5P.C16H25N2O5P.C15H23N2O5P.5CH4/c2*1-5-6-8-19-10-11(16(22)18-17(19)23)15-14(21)13(20)12(24-15)7-9-25(2,3)4;2*1-5-7-18-9-10(15(21)17-16(18)22)14-13(20)12(19)11(23-14)6-8-24(2,3)4;1-5-17-8-9(14(20)16-15(17)21)13-12(19)11(18)10(22-13)6-7-23(2,3)4;;;;;/h10,12-15,20-21H,2,5-9H2,1,3-4H3,(H,18,22,23);5,10,12-15,20-21H,1-2,6-9H2,3-4H3,(H,18,22,23);9,11-14,19-20H,2,5-8H2,1,3-4H3,(H,17,21,22);5,9,11-14,19-20H,1-2,6-8H2,3-4H3,(H,17,21,22);5,8,10-13,18-19H,1-2,6-7H2,3-4H3,(H,16,20,21);5*1H4/t2*12-,13-,14?,15+;2*11-,12-,13?,14+;10-,11-,12?,13+;;;;;/m11111...../s1. The molecule has 5 aliphatic rings. The van der Waals surface area contributed by atoms with Crippen LogP contribution in [0.1, 0.15) is 167 Å². The van der Waals surface area contributed by atoms with Crippen molar-refractivity contribution in [1.82, 2.24) is 47.8 Å². The number of unbranched alkanes of at least 4 members (excludes halogenated alkanes) is 1. The lowest BCUT2D eigenvalue weighted by molar-refractivity contribution is 0.00493. The van der Waals surface area contributed by atoms with E-state index in [9.17, 15) is 99.0 Å². The lowest BCUT2D eigenvalue weighted by Gasteiger charge is -2.18. The van der Waals surface area contributed by atoms with E-state index in [0.717, 1.165) is 54.6 Å². The fraction of sp³-hybridized carbons (Fsp3) is 0.640. The monoisotopic (exact) mass is 1880 g/mol. The Morgan fingerprint density at radius 2 is 0.556 bits per heavy atom. The van der Waals surface area contributed by atoms with Crippen LogP contribution in [0.3, 0.4) is 0 Å². The number of aliphatic hydroxyl groups is 10. The molecule has 10 rings (SSSR count). The normalized spacial score (nSPS) is 26.2. The minimum absolute atomic E-state index is 0. The predicted molar refractivity (Wildman–Crippen MR) is 522 cm³/mol. The van der Waals surface area contributed by atoms with Gasteiger partial charge in [-0.3, -0.25) is 62.6 Å². The molecular weight excluding hydrogens is 1730 g/mol. The van der Waals surface area contributed by atoms with Gasteiger partial charge in [-0.25, -0.2) is 24.0 Å². The van der Waals surface area contributed by atoms with Crippen LogP contribution in [-0.2, 0) is 49.9 Å². The van der Waals surface area contributed by atoms with Crippen LogP contribution in [0, 0.1) is 0 Å². The van der Waals surface area contributed by atoms with E-state index in [2.05, 4.69) is 143 Å². The molecule has 0 amide bonds. The van der Waals surface area contributed by atoms with Gasteiger partial charge < -0.3 is 83.9 Å². The molecule has 720 valence electrons. The quantitative estimate of drug-likeness (QED) is 0.0218. The Hall–Kier alpha value is -6.48. The van der Waals surface area contributed by atoms with Crippen molar-refractivity contribution in [2.75, 3.05) is 97.5 Å². The van der Waals surface area contributed by atoms with Gasteiger partial charge in [0.15, 0.2) is 0 Å². The fourth-order valence-electron chi connectivity index (χ4n) is 13.9. The number of allylic oxidation sites excluding steroid dienone is 2. The van der Waals surface area contributed by atoms with Crippen LogP contribution >= 0.6 is 34.4 Å². The van der Waals surface area contributed by atoms with Gasteiger partial charge in [0.1, 0.15) is 91.6 Å². The molecule has 0 aliphatic carbocycles. The molecule has 0 radical (unpaired) electrons. The van der Waals surface area contributed by atoms with Crippen LogP contribution in [0.5, 0.6) is 0 Å². The lowest BCUT2D eigenvalue weighted by atomic mass is 10.0. The van der Waals surface area contributed by atoms with E-state index in [-0.39, 0.29) is 71.5 Å². The Labute approximate surface area is 740 Å². The van der Waals surface area contributed by atoms with Gasteiger partial charge in [0.25, 0.3) is 27.8 Å². The second kappa shape index (κ2) is 50.8. The number of aromatic nitrogens is 10. The number of rotatable bonds is 31. The first-order valence-electron chi connectivity index (χ1n) is 40.2. The third-order valence-electron chi connectivity index (χ3n) is 20.9. The van der Waals surface area contributed by atoms with Gasteiger partial charge >= 0.3 is 28.4 Å². The molecule has 35 nitrogen and oxygen atoms in total. The van der Waals surface area contributed by atoms with Crippen molar-refractivity contribution in [3.63, 3.8) is 0 Å². The molecule has 5 fully saturated rings. The summed E-state index contributed by atoms with van der Waals surface area (Å²) in [7, 11) is 0. The predicted octanol–water partition coefficient (Wildman–Crippen LogP) is 4.24. The number of nitrogens with zero attached hydrogens (tertiary/aromatic N) is 5. The molecule has 5 aliphatic heterocycles. The fourth-order valence-corrected chi connectivity index (χ4v) is 18.7. The van der Waals surface area contributed by atoms with Crippen molar-refractivity contribution >= 4 is 72.1 Å². The van der Waals surface area contributed by atoms with E-state index in [4.69, 9.17) is 23.7 Å². The SMILES string of the molecule is C.C.C.C.C.C=CCCn1cc([C@@H]2O[C@H](CCP(=C)(C)C)[C@@H](O)C2O)c(=O)[nH]c1=O.C=CCn1cc([C@@H]2O[C@H](CCP(=C)(C)C)[C@@H](O)C2O)c(=O)[nH]c1=O.C=Cn1cc([C@@H]2O[C@H](CCP(=C)(C)C)[C@@H](O)C2O)c(=O)[nH]c1=O.C=P(C)(C)CC[C@H]1O[C@@H](c2cn(CCC)c(=O)[nH]c2=O)C(O)[C@@H]1O.C=P(C)(C)CC[C@H]1O[C@@H](c2cn(CCCC)c(=O)[nH]c2=O)C(O)[C@@H]1O. The molecule has 5 aromatic rings. The lowest BCUT2D eigenvalue weighted by Crippen LogP contribution is -2.35. The van der Waals surface area contributed by atoms with E-state index < -0.39 is 213 Å². The molecule has 0 bridgehead atoms. The maximum absolute atomic E-state index is 12.2. The van der Waals surface area contributed by atoms with Gasteiger partial charge in [0, 0.05) is 63.4 Å². The number of H-pyrrole nitrogens is 5. The number of hydrogen-bond acceptors (Lipinski definition) is 25. The summed E-state index contributed by atoms with van der Waals surface area (Å²) in [6.07, 6.45) is 22.8. The molecule has 5 unspecified atom stereocenters. The Balaban J connectivity index is 0.000000780.